The van der Waals surface area contributed by atoms with Crippen LogP contribution >= 0.6 is 0 Å². The van der Waals surface area contributed by atoms with Crippen molar-refractivity contribution < 1.29 is 0 Å². The van der Waals surface area contributed by atoms with Gasteiger partial charge in [-0.3, -0.25) is 0 Å². The fourth-order valence-electron chi connectivity index (χ4n) is 8.51. The van der Waals surface area contributed by atoms with Crippen molar-refractivity contribution >= 4 is 0 Å². The second-order valence-corrected chi connectivity index (χ2v) is 11.4. The Hall–Kier alpha value is -3.32. The number of hydrogen-bond donors (Lipinski definition) is 0. The minimum absolute atomic E-state index is 0.0547. The highest BCUT2D eigenvalue weighted by molar-refractivity contribution is 5.52. The summed E-state index contributed by atoms with van der Waals surface area (Å²) in [5.41, 5.74) is 6.75. The normalized spacial score (nSPS) is 34.2. The van der Waals surface area contributed by atoms with E-state index in [0.717, 1.165) is 28.7 Å². The standard InChI is InChI=1S/C32H28/c1-7-23-11-24(8-2)14-27(13-23)31-18-29(5)17-30(6,19-31)21-32(20-29,22-31)28-15-25(9-3)12-26(10-4)16-28/h1-4,11-16H,17-22H2,5-6H3. The average molecular weight is 413 g/mol. The molecular formula is C32H28. The third-order valence-corrected chi connectivity index (χ3v) is 8.35. The molecule has 4 fully saturated rings. The van der Waals surface area contributed by atoms with Crippen molar-refractivity contribution in [3.05, 3.63) is 69.8 Å². The lowest BCUT2D eigenvalue weighted by atomic mass is 9.34. The van der Waals surface area contributed by atoms with Crippen LogP contribution in [0.4, 0.5) is 0 Å². The topological polar surface area (TPSA) is 0 Å². The van der Waals surface area contributed by atoms with Crippen LogP contribution in [-0.2, 0) is 10.8 Å². The van der Waals surface area contributed by atoms with Gasteiger partial charge in [0.1, 0.15) is 0 Å². The SMILES string of the molecule is C#Cc1cc(C#C)cc(C23CC4(C)CC(C)(C2)CC(c2cc(C#C)cc(C#C)c2)(C4)C3)c1. The Morgan fingerprint density at radius 1 is 0.500 bits per heavy atom. The van der Waals surface area contributed by atoms with Crippen LogP contribution in [0.3, 0.4) is 0 Å². The van der Waals surface area contributed by atoms with E-state index in [1.165, 1.54) is 43.2 Å². The summed E-state index contributed by atoms with van der Waals surface area (Å²) in [5.74, 6) is 11.3. The van der Waals surface area contributed by atoms with Gasteiger partial charge in [-0.1, -0.05) is 37.5 Å². The monoisotopic (exact) mass is 412 g/mol. The first-order chi connectivity index (χ1) is 15.2. The van der Waals surface area contributed by atoms with Crippen LogP contribution in [0.2, 0.25) is 0 Å². The lowest BCUT2D eigenvalue weighted by Gasteiger charge is -2.70. The molecule has 0 unspecified atom stereocenters. The van der Waals surface area contributed by atoms with Crippen molar-refractivity contribution in [1.82, 2.24) is 0 Å². The van der Waals surface area contributed by atoms with Crippen molar-refractivity contribution in [2.75, 3.05) is 0 Å². The molecule has 0 atom stereocenters. The molecule has 4 saturated carbocycles. The lowest BCUT2D eigenvalue weighted by molar-refractivity contribution is -0.126. The van der Waals surface area contributed by atoms with Crippen LogP contribution in [0.25, 0.3) is 0 Å². The number of hydrogen-bond acceptors (Lipinski definition) is 0. The van der Waals surface area contributed by atoms with Crippen molar-refractivity contribution in [2.45, 2.75) is 63.2 Å². The minimum Gasteiger partial charge on any atom is -0.115 e. The van der Waals surface area contributed by atoms with Crippen molar-refractivity contribution in [2.24, 2.45) is 10.8 Å². The van der Waals surface area contributed by atoms with Crippen LogP contribution in [0, 0.1) is 60.2 Å². The summed E-state index contributed by atoms with van der Waals surface area (Å²) < 4.78 is 0. The Morgan fingerprint density at radius 3 is 1.09 bits per heavy atom. The maximum absolute atomic E-state index is 5.81. The molecule has 32 heavy (non-hydrogen) atoms. The smallest absolute Gasteiger partial charge is 0.0257 e. The van der Waals surface area contributed by atoms with Gasteiger partial charge in [0, 0.05) is 22.3 Å². The van der Waals surface area contributed by atoms with E-state index in [1.807, 2.05) is 12.1 Å². The summed E-state index contributed by atoms with van der Waals surface area (Å²) in [6.07, 6.45) is 30.3. The van der Waals surface area contributed by atoms with E-state index in [4.69, 9.17) is 25.7 Å². The largest absolute Gasteiger partial charge is 0.115 e. The first-order valence-corrected chi connectivity index (χ1v) is 11.4. The second kappa shape index (κ2) is 6.59. The number of rotatable bonds is 2. The summed E-state index contributed by atoms with van der Waals surface area (Å²) in [6, 6.07) is 12.7. The van der Waals surface area contributed by atoms with Gasteiger partial charge in [-0.25, -0.2) is 0 Å². The molecule has 0 amide bonds. The van der Waals surface area contributed by atoms with Crippen LogP contribution in [0.1, 0.15) is 85.8 Å². The van der Waals surface area contributed by atoms with Gasteiger partial charge in [0.15, 0.2) is 0 Å². The molecule has 4 aliphatic rings. The maximum Gasteiger partial charge on any atom is 0.0257 e. The predicted octanol–water partition coefficient (Wildman–Crippen LogP) is 6.18. The molecule has 0 nitrogen and oxygen atoms in total. The molecule has 2 aromatic carbocycles. The highest BCUT2D eigenvalue weighted by atomic mass is 14.7. The van der Waals surface area contributed by atoms with E-state index >= 15 is 0 Å². The third-order valence-electron chi connectivity index (χ3n) is 8.35. The van der Waals surface area contributed by atoms with Crippen LogP contribution in [0.15, 0.2) is 36.4 Å². The Balaban J connectivity index is 1.73. The van der Waals surface area contributed by atoms with E-state index in [0.29, 0.717) is 0 Å². The van der Waals surface area contributed by atoms with Crippen molar-refractivity contribution in [3.8, 4) is 49.4 Å². The Bertz CT molecular complexity index is 1130. The zero-order valence-electron chi connectivity index (χ0n) is 19.0. The van der Waals surface area contributed by atoms with Gasteiger partial charge < -0.3 is 0 Å². The molecule has 0 spiro atoms. The molecule has 0 saturated heterocycles. The molecule has 4 bridgehead atoms. The molecule has 0 heterocycles. The predicted molar refractivity (Wildman–Crippen MR) is 132 cm³/mol. The minimum atomic E-state index is 0.0547. The first-order valence-electron chi connectivity index (χ1n) is 11.4. The first kappa shape index (κ1) is 20.6. The fourth-order valence-corrected chi connectivity index (χ4v) is 8.51. The fraction of sp³-hybridized carbons (Fsp3) is 0.375. The van der Waals surface area contributed by atoms with Gasteiger partial charge >= 0.3 is 0 Å². The quantitative estimate of drug-likeness (QED) is 0.517. The summed E-state index contributed by atoms with van der Waals surface area (Å²) in [6.45, 7) is 4.96. The van der Waals surface area contributed by atoms with Gasteiger partial charge in [-0.2, -0.15) is 0 Å². The summed E-state index contributed by atoms with van der Waals surface area (Å²) >= 11 is 0. The van der Waals surface area contributed by atoms with Gasteiger partial charge in [-0.15, -0.1) is 25.7 Å². The molecular weight excluding hydrogens is 384 g/mol. The summed E-state index contributed by atoms with van der Waals surface area (Å²) in [4.78, 5) is 0. The molecule has 6 rings (SSSR count). The highest BCUT2D eigenvalue weighted by Crippen LogP contribution is 2.74. The van der Waals surface area contributed by atoms with Crippen LogP contribution in [0.5, 0.6) is 0 Å². The second-order valence-electron chi connectivity index (χ2n) is 11.4. The molecule has 0 aliphatic heterocycles. The Morgan fingerprint density at radius 2 is 0.812 bits per heavy atom. The maximum atomic E-state index is 5.81. The summed E-state index contributed by atoms with van der Waals surface area (Å²) in [5, 5.41) is 0. The van der Waals surface area contributed by atoms with Gasteiger partial charge in [0.05, 0.1) is 0 Å². The van der Waals surface area contributed by atoms with E-state index < -0.39 is 0 Å². The molecule has 0 N–H and O–H groups in total. The van der Waals surface area contributed by atoms with Gasteiger partial charge in [0.2, 0.25) is 0 Å². The van der Waals surface area contributed by atoms with E-state index in [9.17, 15) is 0 Å². The van der Waals surface area contributed by atoms with Crippen LogP contribution < -0.4 is 0 Å². The molecule has 0 radical (unpaired) electrons. The molecule has 4 aliphatic carbocycles. The molecule has 156 valence electrons. The lowest BCUT2D eigenvalue weighted by Crippen LogP contribution is -2.62. The molecule has 0 aromatic heterocycles. The summed E-state index contributed by atoms with van der Waals surface area (Å²) in [7, 11) is 0. The third kappa shape index (κ3) is 2.99. The van der Waals surface area contributed by atoms with E-state index in [1.54, 1.807) is 0 Å². The number of benzene rings is 2. The number of terminal acetylenes is 4. The van der Waals surface area contributed by atoms with E-state index in [-0.39, 0.29) is 21.7 Å². The average Bonchev–Trinajstić information content (AvgIpc) is 2.75. The van der Waals surface area contributed by atoms with Gasteiger partial charge in [0.25, 0.3) is 0 Å². The molecule has 2 aromatic rings. The van der Waals surface area contributed by atoms with E-state index in [2.05, 4.69) is 61.8 Å². The van der Waals surface area contributed by atoms with Crippen molar-refractivity contribution in [1.29, 1.82) is 0 Å². The molecule has 0 heteroatoms. The Labute approximate surface area is 193 Å². The van der Waals surface area contributed by atoms with Crippen LogP contribution in [-0.4, -0.2) is 0 Å². The zero-order valence-corrected chi connectivity index (χ0v) is 19.0. The van der Waals surface area contributed by atoms with Gasteiger partial charge in [-0.05, 0) is 108 Å². The highest BCUT2D eigenvalue weighted by Gasteiger charge is 2.66. The van der Waals surface area contributed by atoms with Crippen molar-refractivity contribution in [3.63, 3.8) is 0 Å². The Kier molecular flexibility index (Phi) is 4.24. The zero-order chi connectivity index (χ0) is 22.8.